The third kappa shape index (κ3) is 2.24. The van der Waals surface area contributed by atoms with Crippen LogP contribution in [0.4, 0.5) is 5.69 Å². The number of hydrogen-bond acceptors (Lipinski definition) is 3. The topological polar surface area (TPSA) is 60.0 Å². The number of anilines is 1. The van der Waals surface area contributed by atoms with Crippen LogP contribution in [0, 0.1) is 0 Å². The van der Waals surface area contributed by atoms with Crippen molar-refractivity contribution in [3.63, 3.8) is 0 Å². The van der Waals surface area contributed by atoms with Crippen LogP contribution >= 0.6 is 0 Å². The molecule has 3 N–H and O–H groups in total. The van der Waals surface area contributed by atoms with Gasteiger partial charge in [0.2, 0.25) is 0 Å². The summed E-state index contributed by atoms with van der Waals surface area (Å²) in [7, 11) is 1.78. The SMILES string of the molecule is Cn1c(=O)cc(NC(C)(C)CN)c2ccccc21. The Hall–Kier alpha value is -1.81. The van der Waals surface area contributed by atoms with Gasteiger partial charge in [0, 0.05) is 36.3 Å². The van der Waals surface area contributed by atoms with E-state index >= 15 is 0 Å². The first kappa shape index (κ1) is 12.6. The van der Waals surface area contributed by atoms with Crippen LogP contribution in [0.3, 0.4) is 0 Å². The third-order valence-corrected chi connectivity index (χ3v) is 3.14. The van der Waals surface area contributed by atoms with Gasteiger partial charge in [0.25, 0.3) is 5.56 Å². The molecule has 0 radical (unpaired) electrons. The van der Waals surface area contributed by atoms with Gasteiger partial charge in [-0.05, 0) is 19.9 Å². The lowest BCUT2D eigenvalue weighted by atomic mass is 10.0. The van der Waals surface area contributed by atoms with Crippen LogP contribution in [0.1, 0.15) is 13.8 Å². The van der Waals surface area contributed by atoms with Gasteiger partial charge in [0.1, 0.15) is 0 Å². The van der Waals surface area contributed by atoms with E-state index in [1.165, 1.54) is 0 Å². The van der Waals surface area contributed by atoms with Crippen molar-refractivity contribution in [1.82, 2.24) is 4.57 Å². The number of aryl methyl sites for hydroxylation is 1. The molecule has 4 nitrogen and oxygen atoms in total. The predicted octanol–water partition coefficient (Wildman–Crippen LogP) is 1.69. The lowest BCUT2D eigenvalue weighted by Gasteiger charge is -2.26. The number of aromatic nitrogens is 1. The summed E-state index contributed by atoms with van der Waals surface area (Å²) < 4.78 is 1.65. The maximum Gasteiger partial charge on any atom is 0.252 e. The molecule has 2 aromatic rings. The molecular formula is C14H19N3O. The largest absolute Gasteiger partial charge is 0.378 e. The molecule has 0 unspecified atom stereocenters. The fourth-order valence-electron chi connectivity index (χ4n) is 1.93. The maximum atomic E-state index is 11.9. The van der Waals surface area contributed by atoms with Crippen LogP contribution in [0.25, 0.3) is 10.9 Å². The van der Waals surface area contributed by atoms with Crippen molar-refractivity contribution in [2.24, 2.45) is 12.8 Å². The molecule has 1 heterocycles. The lowest BCUT2D eigenvalue weighted by molar-refractivity contribution is 0.580. The minimum Gasteiger partial charge on any atom is -0.378 e. The van der Waals surface area contributed by atoms with Gasteiger partial charge < -0.3 is 15.6 Å². The maximum absolute atomic E-state index is 11.9. The van der Waals surface area contributed by atoms with Crippen LogP contribution in [0.15, 0.2) is 35.1 Å². The van der Waals surface area contributed by atoms with Gasteiger partial charge in [-0.3, -0.25) is 4.79 Å². The summed E-state index contributed by atoms with van der Waals surface area (Å²) in [5.41, 5.74) is 7.21. The first-order chi connectivity index (χ1) is 8.44. The Morgan fingerprint density at radius 1 is 1.33 bits per heavy atom. The smallest absolute Gasteiger partial charge is 0.252 e. The second-order valence-corrected chi connectivity index (χ2v) is 5.19. The summed E-state index contributed by atoms with van der Waals surface area (Å²) in [6, 6.07) is 9.47. The molecule has 2 rings (SSSR count). The highest BCUT2D eigenvalue weighted by atomic mass is 16.1. The number of benzene rings is 1. The zero-order valence-corrected chi connectivity index (χ0v) is 11.0. The molecule has 96 valence electrons. The highest BCUT2D eigenvalue weighted by Gasteiger charge is 2.17. The van der Waals surface area contributed by atoms with Gasteiger partial charge in [0.05, 0.1) is 5.52 Å². The molecule has 0 amide bonds. The Kier molecular flexibility index (Phi) is 3.13. The van der Waals surface area contributed by atoms with E-state index in [0.29, 0.717) is 6.54 Å². The van der Waals surface area contributed by atoms with Crippen molar-refractivity contribution in [1.29, 1.82) is 0 Å². The van der Waals surface area contributed by atoms with Gasteiger partial charge in [-0.2, -0.15) is 0 Å². The number of para-hydroxylation sites is 1. The molecule has 0 atom stereocenters. The Morgan fingerprint density at radius 2 is 2.00 bits per heavy atom. The standard InChI is InChI=1S/C14H19N3O/c1-14(2,9-15)16-11-8-13(18)17(3)12-7-5-4-6-10(11)12/h4-8,16H,9,15H2,1-3H3. The molecular weight excluding hydrogens is 226 g/mol. The second-order valence-electron chi connectivity index (χ2n) is 5.19. The zero-order chi connectivity index (χ0) is 13.3. The molecule has 0 aliphatic heterocycles. The van der Waals surface area contributed by atoms with Crippen molar-refractivity contribution >= 4 is 16.6 Å². The Labute approximate surface area is 106 Å². The summed E-state index contributed by atoms with van der Waals surface area (Å²) in [6.07, 6.45) is 0. The second kappa shape index (κ2) is 4.46. The predicted molar refractivity (Wildman–Crippen MR) is 75.9 cm³/mol. The van der Waals surface area contributed by atoms with E-state index in [9.17, 15) is 4.79 Å². The van der Waals surface area contributed by atoms with E-state index in [0.717, 1.165) is 16.6 Å². The molecule has 1 aromatic carbocycles. The van der Waals surface area contributed by atoms with Gasteiger partial charge in [0.15, 0.2) is 0 Å². The van der Waals surface area contributed by atoms with Crippen molar-refractivity contribution in [2.75, 3.05) is 11.9 Å². The minimum atomic E-state index is -0.241. The molecule has 0 saturated heterocycles. The van der Waals surface area contributed by atoms with Crippen molar-refractivity contribution in [3.8, 4) is 0 Å². The number of fused-ring (bicyclic) bond motifs is 1. The van der Waals surface area contributed by atoms with E-state index in [-0.39, 0.29) is 11.1 Å². The van der Waals surface area contributed by atoms with Crippen molar-refractivity contribution < 1.29 is 0 Å². The van der Waals surface area contributed by atoms with Crippen molar-refractivity contribution in [2.45, 2.75) is 19.4 Å². The quantitative estimate of drug-likeness (QED) is 0.865. The number of hydrogen-bond donors (Lipinski definition) is 2. The normalized spacial score (nSPS) is 11.8. The van der Waals surface area contributed by atoms with Crippen LogP contribution in [-0.2, 0) is 7.05 Å². The zero-order valence-electron chi connectivity index (χ0n) is 11.0. The molecule has 18 heavy (non-hydrogen) atoms. The molecule has 0 fully saturated rings. The first-order valence-corrected chi connectivity index (χ1v) is 6.02. The van der Waals surface area contributed by atoms with E-state index < -0.39 is 0 Å². The average molecular weight is 245 g/mol. The fraction of sp³-hybridized carbons (Fsp3) is 0.357. The molecule has 0 saturated carbocycles. The highest BCUT2D eigenvalue weighted by molar-refractivity contribution is 5.91. The van der Waals surface area contributed by atoms with Crippen molar-refractivity contribution in [3.05, 3.63) is 40.7 Å². The Bertz CT molecular complexity index is 628. The van der Waals surface area contributed by atoms with E-state index in [4.69, 9.17) is 5.73 Å². The van der Waals surface area contributed by atoms with Gasteiger partial charge >= 0.3 is 0 Å². The molecule has 0 aliphatic carbocycles. The Morgan fingerprint density at radius 3 is 2.67 bits per heavy atom. The Balaban J connectivity index is 2.65. The molecule has 4 heteroatoms. The number of nitrogens with one attached hydrogen (secondary N) is 1. The summed E-state index contributed by atoms with van der Waals surface area (Å²) in [4.78, 5) is 11.9. The monoisotopic (exact) mass is 245 g/mol. The van der Waals surface area contributed by atoms with Gasteiger partial charge in [-0.25, -0.2) is 0 Å². The molecule has 1 aromatic heterocycles. The lowest BCUT2D eigenvalue weighted by Crippen LogP contribution is -2.39. The minimum absolute atomic E-state index is 0.0241. The van der Waals surface area contributed by atoms with Crippen LogP contribution in [0.5, 0.6) is 0 Å². The summed E-state index contributed by atoms with van der Waals surface area (Å²) >= 11 is 0. The molecule has 0 spiro atoms. The van der Waals surface area contributed by atoms with Crippen LogP contribution < -0.4 is 16.6 Å². The van der Waals surface area contributed by atoms with E-state index in [1.54, 1.807) is 17.7 Å². The number of pyridine rings is 1. The number of rotatable bonds is 3. The summed E-state index contributed by atoms with van der Waals surface area (Å²) in [5.74, 6) is 0. The van der Waals surface area contributed by atoms with Gasteiger partial charge in [-0.15, -0.1) is 0 Å². The van der Waals surface area contributed by atoms with E-state index in [1.807, 2.05) is 38.1 Å². The average Bonchev–Trinajstić information content (AvgIpc) is 2.35. The van der Waals surface area contributed by atoms with Crippen LogP contribution in [0.2, 0.25) is 0 Å². The highest BCUT2D eigenvalue weighted by Crippen LogP contribution is 2.23. The summed E-state index contributed by atoms with van der Waals surface area (Å²) in [6.45, 7) is 4.52. The first-order valence-electron chi connectivity index (χ1n) is 6.02. The molecule has 0 aliphatic rings. The number of nitrogens with zero attached hydrogens (tertiary/aromatic N) is 1. The van der Waals surface area contributed by atoms with Gasteiger partial charge in [-0.1, -0.05) is 18.2 Å². The number of nitrogens with two attached hydrogens (primary N) is 1. The van der Waals surface area contributed by atoms with Crippen LogP contribution in [-0.4, -0.2) is 16.7 Å². The molecule has 0 bridgehead atoms. The summed E-state index contributed by atoms with van der Waals surface area (Å²) in [5, 5.41) is 4.37. The third-order valence-electron chi connectivity index (χ3n) is 3.14. The fourth-order valence-corrected chi connectivity index (χ4v) is 1.93. The van der Waals surface area contributed by atoms with E-state index in [2.05, 4.69) is 5.32 Å².